The molecule has 128 valence electrons. The average molecular weight is 326 g/mol. The minimum absolute atomic E-state index is 0.0643. The van der Waals surface area contributed by atoms with Gasteiger partial charge in [-0.1, -0.05) is 19.3 Å². The van der Waals surface area contributed by atoms with Gasteiger partial charge >= 0.3 is 5.69 Å². The molecular formula is C16H23FN2O4. The van der Waals surface area contributed by atoms with E-state index in [4.69, 9.17) is 4.74 Å². The Bertz CT molecular complexity index is 657. The number of aromatic nitrogens is 2. The maximum absolute atomic E-state index is 13.9. The average Bonchev–Trinajstić information content (AvgIpc) is 3.10. The zero-order valence-electron chi connectivity index (χ0n) is 13.1. The van der Waals surface area contributed by atoms with Crippen molar-refractivity contribution >= 4 is 0 Å². The minimum Gasteiger partial charge on any atom is -0.391 e. The second kappa shape index (κ2) is 6.97. The molecule has 2 heterocycles. The highest BCUT2D eigenvalue weighted by Gasteiger charge is 2.26. The molecule has 2 aliphatic rings. The van der Waals surface area contributed by atoms with Gasteiger partial charge in [0.2, 0.25) is 5.82 Å². The summed E-state index contributed by atoms with van der Waals surface area (Å²) in [7, 11) is 0. The lowest BCUT2D eigenvalue weighted by molar-refractivity contribution is 0.0448. The van der Waals surface area contributed by atoms with Crippen LogP contribution >= 0.6 is 0 Å². The van der Waals surface area contributed by atoms with Gasteiger partial charge in [0, 0.05) is 6.61 Å². The molecule has 1 saturated carbocycles. The molecule has 3 rings (SSSR count). The Balaban J connectivity index is 1.88. The van der Waals surface area contributed by atoms with Crippen molar-refractivity contribution in [1.29, 1.82) is 0 Å². The maximum atomic E-state index is 13.9. The largest absolute Gasteiger partial charge is 0.391 e. The van der Waals surface area contributed by atoms with Crippen LogP contribution in [0.1, 0.15) is 51.2 Å². The summed E-state index contributed by atoms with van der Waals surface area (Å²) < 4.78 is 21.3. The molecule has 1 saturated heterocycles. The molecule has 0 spiro atoms. The second-order valence-electron chi connectivity index (χ2n) is 6.52. The predicted octanol–water partition coefficient (Wildman–Crippen LogP) is 1.40. The maximum Gasteiger partial charge on any atom is 0.333 e. The molecule has 7 heteroatoms. The van der Waals surface area contributed by atoms with Gasteiger partial charge in [-0.2, -0.15) is 4.39 Å². The highest BCUT2D eigenvalue weighted by molar-refractivity contribution is 4.93. The normalized spacial score (nSPS) is 24.0. The summed E-state index contributed by atoms with van der Waals surface area (Å²) >= 11 is 0. The van der Waals surface area contributed by atoms with Crippen LogP contribution in [0.3, 0.4) is 0 Å². The van der Waals surface area contributed by atoms with Crippen molar-refractivity contribution in [1.82, 2.24) is 9.13 Å². The Hall–Kier alpha value is -1.47. The smallest absolute Gasteiger partial charge is 0.333 e. The monoisotopic (exact) mass is 326 g/mol. The van der Waals surface area contributed by atoms with E-state index in [1.165, 1.54) is 0 Å². The third-order valence-corrected chi connectivity index (χ3v) is 4.93. The molecular weight excluding hydrogens is 303 g/mol. The predicted molar refractivity (Wildman–Crippen MR) is 81.7 cm³/mol. The Kier molecular flexibility index (Phi) is 4.96. The van der Waals surface area contributed by atoms with Gasteiger partial charge < -0.3 is 9.84 Å². The van der Waals surface area contributed by atoms with Crippen LogP contribution in [-0.2, 0) is 11.3 Å². The molecule has 1 aromatic heterocycles. The van der Waals surface area contributed by atoms with Crippen LogP contribution in [0.15, 0.2) is 15.8 Å². The number of hydrogen-bond donors (Lipinski definition) is 1. The summed E-state index contributed by atoms with van der Waals surface area (Å²) in [4.78, 5) is 24.5. The summed E-state index contributed by atoms with van der Waals surface area (Å²) in [5.74, 6) is -0.926. The quantitative estimate of drug-likeness (QED) is 0.908. The Morgan fingerprint density at radius 2 is 1.96 bits per heavy atom. The fraction of sp³-hybridized carbons (Fsp3) is 0.750. The van der Waals surface area contributed by atoms with Crippen molar-refractivity contribution in [2.45, 2.75) is 63.8 Å². The van der Waals surface area contributed by atoms with Gasteiger partial charge in [-0.25, -0.2) is 4.79 Å². The number of hydrogen-bond acceptors (Lipinski definition) is 4. The fourth-order valence-electron chi connectivity index (χ4n) is 3.59. The molecule has 6 nitrogen and oxygen atoms in total. The van der Waals surface area contributed by atoms with Crippen LogP contribution < -0.4 is 11.2 Å². The lowest BCUT2D eigenvalue weighted by Gasteiger charge is -2.27. The van der Waals surface area contributed by atoms with E-state index in [1.807, 2.05) is 0 Å². The number of nitrogens with zero attached hydrogens (tertiary/aromatic N) is 2. The van der Waals surface area contributed by atoms with Crippen LogP contribution in [-0.4, -0.2) is 27.0 Å². The highest BCUT2D eigenvalue weighted by Crippen LogP contribution is 2.27. The van der Waals surface area contributed by atoms with Crippen molar-refractivity contribution in [2.75, 3.05) is 6.61 Å². The zero-order chi connectivity index (χ0) is 16.4. The summed E-state index contributed by atoms with van der Waals surface area (Å²) in [6.07, 6.45) is 5.98. The van der Waals surface area contributed by atoms with Gasteiger partial charge in [-0.3, -0.25) is 13.9 Å². The fourth-order valence-corrected chi connectivity index (χ4v) is 3.59. The van der Waals surface area contributed by atoms with E-state index in [2.05, 4.69) is 0 Å². The molecule has 0 amide bonds. The van der Waals surface area contributed by atoms with Crippen LogP contribution in [0.2, 0.25) is 0 Å². The van der Waals surface area contributed by atoms with Crippen molar-refractivity contribution < 1.29 is 14.2 Å². The molecule has 1 aliphatic carbocycles. The van der Waals surface area contributed by atoms with Gasteiger partial charge in [0.05, 0.1) is 18.8 Å². The van der Waals surface area contributed by atoms with E-state index < -0.39 is 29.4 Å². The number of ether oxygens (including phenoxy) is 1. The molecule has 1 N–H and O–H groups in total. The first kappa shape index (κ1) is 16.4. The van der Waals surface area contributed by atoms with E-state index >= 15 is 0 Å². The van der Waals surface area contributed by atoms with Gasteiger partial charge in [-0.05, 0) is 31.6 Å². The first-order valence-electron chi connectivity index (χ1n) is 8.39. The minimum atomic E-state index is -0.990. The molecule has 0 bridgehead atoms. The van der Waals surface area contributed by atoms with Gasteiger partial charge in [0.25, 0.3) is 5.56 Å². The van der Waals surface area contributed by atoms with Gasteiger partial charge in [-0.15, -0.1) is 0 Å². The lowest BCUT2D eigenvalue weighted by atomic mass is 9.85. The molecule has 1 aliphatic heterocycles. The van der Waals surface area contributed by atoms with Crippen molar-refractivity contribution in [3.8, 4) is 0 Å². The Morgan fingerprint density at radius 1 is 1.22 bits per heavy atom. The number of halogens is 1. The van der Waals surface area contributed by atoms with Crippen molar-refractivity contribution in [3.63, 3.8) is 0 Å². The van der Waals surface area contributed by atoms with E-state index in [0.717, 1.165) is 53.9 Å². The summed E-state index contributed by atoms with van der Waals surface area (Å²) in [6, 6.07) is 0. The third kappa shape index (κ3) is 3.40. The molecule has 23 heavy (non-hydrogen) atoms. The molecule has 0 unspecified atom stereocenters. The number of rotatable bonds is 4. The van der Waals surface area contributed by atoms with Crippen LogP contribution in [0.25, 0.3) is 0 Å². The summed E-state index contributed by atoms with van der Waals surface area (Å²) in [5, 5.41) is 10.4. The number of aliphatic hydroxyl groups is 1. The van der Waals surface area contributed by atoms with Gasteiger partial charge in [0.1, 0.15) is 6.23 Å². The molecule has 1 aromatic rings. The van der Waals surface area contributed by atoms with Crippen molar-refractivity contribution in [3.05, 3.63) is 32.9 Å². The van der Waals surface area contributed by atoms with Gasteiger partial charge in [0.15, 0.2) is 0 Å². The van der Waals surface area contributed by atoms with E-state index in [9.17, 15) is 19.1 Å². The first-order valence-corrected chi connectivity index (χ1v) is 8.39. The summed E-state index contributed by atoms with van der Waals surface area (Å²) in [6.45, 7) is 0.357. The summed E-state index contributed by atoms with van der Waals surface area (Å²) in [5.41, 5.74) is -1.59. The third-order valence-electron chi connectivity index (χ3n) is 4.93. The Morgan fingerprint density at radius 3 is 2.61 bits per heavy atom. The lowest BCUT2D eigenvalue weighted by Crippen LogP contribution is -2.45. The van der Waals surface area contributed by atoms with E-state index in [0.29, 0.717) is 13.0 Å². The molecule has 2 atom stereocenters. The first-order chi connectivity index (χ1) is 11.1. The molecule has 0 aromatic carbocycles. The van der Waals surface area contributed by atoms with Crippen LogP contribution in [0.4, 0.5) is 4.39 Å². The van der Waals surface area contributed by atoms with Crippen LogP contribution in [0, 0.1) is 11.7 Å². The SMILES string of the molecule is O=c1c(F)cn([C@@H]2CCCO2)c(=O)n1C[C@@H](O)C1CCCCC1. The molecule has 0 radical (unpaired) electrons. The standard InChI is InChI=1S/C16H23FN2O4/c17-12-9-18(14-7-4-8-23-14)16(22)19(15(12)21)10-13(20)11-5-2-1-3-6-11/h9,11,13-14,20H,1-8,10H2/t13-,14+/m1/s1. The second-order valence-corrected chi connectivity index (χ2v) is 6.52. The zero-order valence-corrected chi connectivity index (χ0v) is 13.1. The van der Waals surface area contributed by atoms with E-state index in [1.54, 1.807) is 0 Å². The molecule has 2 fully saturated rings. The Labute approximate surface area is 133 Å². The van der Waals surface area contributed by atoms with Crippen molar-refractivity contribution in [2.24, 2.45) is 5.92 Å². The number of aliphatic hydroxyl groups excluding tert-OH is 1. The topological polar surface area (TPSA) is 73.5 Å². The van der Waals surface area contributed by atoms with E-state index in [-0.39, 0.29) is 12.5 Å². The highest BCUT2D eigenvalue weighted by atomic mass is 19.1. The van der Waals surface area contributed by atoms with Crippen LogP contribution in [0.5, 0.6) is 0 Å².